The molecule has 1 N–H and O–H groups in total. The SMILES string of the molecule is CCCC1=NN2C(=N)/C(=C/c3ccc(OCc4cc(=O)n5nc(CC)sc5n4)cc3)C(=O)N=C2S1. The number of thioether (sulfide) groups is 1. The number of amidine groups is 2. The Labute approximate surface area is 208 Å². The van der Waals surface area contributed by atoms with Crippen molar-refractivity contribution in [2.24, 2.45) is 10.1 Å². The molecule has 5 rings (SSSR count). The number of amides is 1. The summed E-state index contributed by atoms with van der Waals surface area (Å²) < 4.78 is 7.11. The van der Waals surface area contributed by atoms with Crippen molar-refractivity contribution in [3.8, 4) is 5.75 Å². The molecule has 12 heteroatoms. The molecule has 2 aromatic heterocycles. The Hall–Kier alpha value is -3.64. The van der Waals surface area contributed by atoms with E-state index in [1.807, 2.05) is 6.92 Å². The van der Waals surface area contributed by atoms with Crippen molar-refractivity contribution in [1.82, 2.24) is 19.6 Å². The lowest BCUT2D eigenvalue weighted by atomic mass is 10.1. The molecule has 0 radical (unpaired) electrons. The van der Waals surface area contributed by atoms with Crippen LogP contribution in [0.5, 0.6) is 5.75 Å². The summed E-state index contributed by atoms with van der Waals surface area (Å²) in [4.78, 5) is 33.9. The zero-order valence-electron chi connectivity index (χ0n) is 19.0. The lowest BCUT2D eigenvalue weighted by molar-refractivity contribution is -0.114. The number of aliphatic imine (C=N–C) groups is 1. The standard InChI is InChI=1S/C23H21N7O3S2/c1-3-5-18-28-30-20(24)16(21(32)26-23(30)35-18)10-13-6-8-15(9-7-13)33-12-14-11-19(31)29-22(25-14)34-17(4-2)27-29/h6-11,24H,3-5,12H2,1-2H3/b16-10-,24-20?. The zero-order chi connectivity index (χ0) is 24.5. The molecule has 35 heavy (non-hydrogen) atoms. The van der Waals surface area contributed by atoms with Gasteiger partial charge in [0.05, 0.1) is 11.3 Å². The molecule has 10 nitrogen and oxygen atoms in total. The molecule has 0 fully saturated rings. The second-order valence-electron chi connectivity index (χ2n) is 7.75. The molecule has 1 amide bonds. The third-order valence-electron chi connectivity index (χ3n) is 5.18. The molecule has 0 atom stereocenters. The summed E-state index contributed by atoms with van der Waals surface area (Å²) in [6, 6.07) is 8.51. The highest BCUT2D eigenvalue weighted by molar-refractivity contribution is 8.26. The van der Waals surface area contributed by atoms with Gasteiger partial charge in [0.15, 0.2) is 5.84 Å². The molecule has 2 aliphatic heterocycles. The smallest absolute Gasteiger partial charge is 0.283 e. The van der Waals surface area contributed by atoms with E-state index in [0.717, 1.165) is 34.9 Å². The Morgan fingerprint density at radius 2 is 1.97 bits per heavy atom. The minimum absolute atomic E-state index is 0.0148. The summed E-state index contributed by atoms with van der Waals surface area (Å²) in [5.74, 6) is 0.146. The van der Waals surface area contributed by atoms with Gasteiger partial charge >= 0.3 is 0 Å². The van der Waals surface area contributed by atoms with Gasteiger partial charge in [0.1, 0.15) is 22.4 Å². The molecule has 2 aliphatic rings. The van der Waals surface area contributed by atoms with Gasteiger partial charge in [-0.3, -0.25) is 15.0 Å². The summed E-state index contributed by atoms with van der Waals surface area (Å²) in [5.41, 5.74) is 1.19. The summed E-state index contributed by atoms with van der Waals surface area (Å²) in [7, 11) is 0. The van der Waals surface area contributed by atoms with Gasteiger partial charge in [-0.1, -0.05) is 37.3 Å². The number of rotatable bonds is 7. The van der Waals surface area contributed by atoms with E-state index in [1.54, 1.807) is 30.3 Å². The molecule has 178 valence electrons. The zero-order valence-corrected chi connectivity index (χ0v) is 20.7. The van der Waals surface area contributed by atoms with Crippen molar-refractivity contribution < 1.29 is 9.53 Å². The molecule has 3 aromatic rings. The maximum absolute atomic E-state index is 12.5. The predicted octanol–water partition coefficient (Wildman–Crippen LogP) is 3.71. The number of aromatic nitrogens is 3. The highest BCUT2D eigenvalue weighted by atomic mass is 32.2. The van der Waals surface area contributed by atoms with Gasteiger partial charge < -0.3 is 4.74 Å². The molecule has 0 aliphatic carbocycles. The molecule has 0 saturated heterocycles. The molecule has 0 saturated carbocycles. The van der Waals surface area contributed by atoms with Crippen molar-refractivity contribution in [2.75, 3.05) is 0 Å². The predicted molar refractivity (Wildman–Crippen MR) is 137 cm³/mol. The number of hydrazone groups is 1. The second-order valence-corrected chi connectivity index (χ2v) is 9.83. The number of ether oxygens (including phenoxy) is 1. The summed E-state index contributed by atoms with van der Waals surface area (Å²) in [5, 5.41) is 20.6. The number of aryl methyl sites for hydroxylation is 1. The molecule has 0 unspecified atom stereocenters. The fourth-order valence-corrected chi connectivity index (χ4v) is 5.29. The molecule has 4 heterocycles. The first-order valence-corrected chi connectivity index (χ1v) is 12.7. The summed E-state index contributed by atoms with van der Waals surface area (Å²) in [6.45, 7) is 4.17. The van der Waals surface area contributed by atoms with Gasteiger partial charge in [0.25, 0.3) is 11.5 Å². The van der Waals surface area contributed by atoms with Crippen LogP contribution in [0.15, 0.2) is 50.8 Å². The number of fused-ring (bicyclic) bond motifs is 2. The number of nitrogens with zero attached hydrogens (tertiary/aromatic N) is 6. The normalized spacial score (nSPS) is 16.6. The Bertz CT molecular complexity index is 1490. The van der Waals surface area contributed by atoms with Gasteiger partial charge in [-0.25, -0.2) is 4.98 Å². The van der Waals surface area contributed by atoms with Crippen LogP contribution in [0.1, 0.15) is 43.0 Å². The number of nitrogens with one attached hydrogen (secondary N) is 1. The van der Waals surface area contributed by atoms with Gasteiger partial charge in [0, 0.05) is 6.07 Å². The topological polar surface area (TPSA) is 125 Å². The molecular weight excluding hydrogens is 486 g/mol. The first-order chi connectivity index (χ1) is 16.9. The lowest BCUT2D eigenvalue weighted by Gasteiger charge is -2.20. The number of carbonyl (C=O) groups is 1. The van der Waals surface area contributed by atoms with Crippen LogP contribution in [-0.2, 0) is 17.8 Å². The first kappa shape index (κ1) is 23.1. The fourth-order valence-electron chi connectivity index (χ4n) is 3.44. The highest BCUT2D eigenvalue weighted by Crippen LogP contribution is 2.30. The molecule has 0 bridgehead atoms. The van der Waals surface area contributed by atoms with Gasteiger partial charge in [-0.05, 0) is 54.8 Å². The van der Waals surface area contributed by atoms with Crippen molar-refractivity contribution in [1.29, 1.82) is 5.41 Å². The summed E-state index contributed by atoms with van der Waals surface area (Å²) in [6.07, 6.45) is 4.07. The lowest BCUT2D eigenvalue weighted by Crippen LogP contribution is -2.35. The highest BCUT2D eigenvalue weighted by Gasteiger charge is 2.35. The van der Waals surface area contributed by atoms with E-state index < -0.39 is 5.91 Å². The van der Waals surface area contributed by atoms with Gasteiger partial charge in [0.2, 0.25) is 10.1 Å². The van der Waals surface area contributed by atoms with E-state index in [2.05, 4.69) is 27.1 Å². The maximum atomic E-state index is 12.5. The Morgan fingerprint density at radius 1 is 1.17 bits per heavy atom. The number of benzene rings is 1. The van der Waals surface area contributed by atoms with E-state index in [4.69, 9.17) is 10.1 Å². The minimum Gasteiger partial charge on any atom is -0.487 e. The van der Waals surface area contributed by atoms with Crippen molar-refractivity contribution in [3.05, 3.63) is 62.5 Å². The maximum Gasteiger partial charge on any atom is 0.283 e. The van der Waals surface area contributed by atoms with Crippen LogP contribution < -0.4 is 10.3 Å². The molecular formula is C23H21N7O3S2. The average molecular weight is 508 g/mol. The fraction of sp³-hybridized carbons (Fsp3) is 0.261. The molecule has 1 aromatic carbocycles. The van der Waals surface area contributed by atoms with Crippen LogP contribution in [0.2, 0.25) is 0 Å². The van der Waals surface area contributed by atoms with Crippen LogP contribution in [0, 0.1) is 5.41 Å². The Kier molecular flexibility index (Phi) is 6.31. The van der Waals surface area contributed by atoms with E-state index in [-0.39, 0.29) is 23.6 Å². The van der Waals surface area contributed by atoms with E-state index in [9.17, 15) is 9.59 Å². The van der Waals surface area contributed by atoms with Crippen LogP contribution >= 0.6 is 23.1 Å². The van der Waals surface area contributed by atoms with Crippen molar-refractivity contribution in [2.45, 2.75) is 39.7 Å². The largest absolute Gasteiger partial charge is 0.487 e. The van der Waals surface area contributed by atoms with E-state index in [1.165, 1.54) is 38.7 Å². The van der Waals surface area contributed by atoms with Crippen LogP contribution in [0.25, 0.3) is 11.0 Å². The second kappa shape index (κ2) is 9.55. The van der Waals surface area contributed by atoms with E-state index in [0.29, 0.717) is 21.6 Å². The van der Waals surface area contributed by atoms with Crippen molar-refractivity contribution >= 4 is 56.1 Å². The molecule has 0 spiro atoms. The van der Waals surface area contributed by atoms with Gasteiger partial charge in [-0.15, -0.1) is 0 Å². The number of hydrogen-bond donors (Lipinski definition) is 1. The Morgan fingerprint density at radius 3 is 2.71 bits per heavy atom. The van der Waals surface area contributed by atoms with Crippen LogP contribution in [0.4, 0.5) is 0 Å². The monoisotopic (exact) mass is 507 g/mol. The summed E-state index contributed by atoms with van der Waals surface area (Å²) >= 11 is 2.72. The first-order valence-electron chi connectivity index (χ1n) is 11.1. The minimum atomic E-state index is -0.455. The third-order valence-corrected chi connectivity index (χ3v) is 7.20. The Balaban J connectivity index is 1.29. The number of carbonyl (C=O) groups excluding carboxylic acids is 1. The van der Waals surface area contributed by atoms with Gasteiger partial charge in [-0.2, -0.15) is 24.7 Å². The van der Waals surface area contributed by atoms with E-state index >= 15 is 0 Å². The van der Waals surface area contributed by atoms with Crippen LogP contribution in [-0.4, -0.2) is 41.6 Å². The number of hydrogen-bond acceptors (Lipinski definition) is 9. The quantitative estimate of drug-likeness (QED) is 0.483. The van der Waals surface area contributed by atoms with Crippen molar-refractivity contribution in [3.63, 3.8) is 0 Å². The average Bonchev–Trinajstić information content (AvgIpc) is 3.45. The third kappa shape index (κ3) is 4.66. The van der Waals surface area contributed by atoms with Crippen LogP contribution in [0.3, 0.4) is 0 Å².